The summed E-state index contributed by atoms with van der Waals surface area (Å²) in [5.41, 5.74) is 2.66. The van der Waals surface area contributed by atoms with Crippen molar-refractivity contribution in [3.63, 3.8) is 0 Å². The van der Waals surface area contributed by atoms with E-state index in [9.17, 15) is 4.39 Å². The van der Waals surface area contributed by atoms with Crippen LogP contribution < -0.4 is 4.74 Å². The van der Waals surface area contributed by atoms with Gasteiger partial charge in [0.2, 0.25) is 0 Å². The number of halogens is 2. The Morgan fingerprint density at radius 3 is 2.62 bits per heavy atom. The van der Waals surface area contributed by atoms with E-state index in [4.69, 9.17) is 16.3 Å². The van der Waals surface area contributed by atoms with Gasteiger partial charge in [0.1, 0.15) is 11.6 Å². The fourth-order valence-corrected chi connectivity index (χ4v) is 2.25. The van der Waals surface area contributed by atoms with Crippen molar-refractivity contribution in [2.24, 2.45) is 0 Å². The molecule has 0 radical (unpaired) electrons. The molecule has 0 aliphatic heterocycles. The van der Waals surface area contributed by atoms with Crippen molar-refractivity contribution in [2.45, 2.75) is 19.8 Å². The van der Waals surface area contributed by atoms with E-state index in [1.165, 1.54) is 6.07 Å². The molecule has 1 aromatic heterocycles. The number of aromatic nitrogens is 1. The van der Waals surface area contributed by atoms with Crippen molar-refractivity contribution in [2.75, 3.05) is 7.11 Å². The molecule has 0 aliphatic carbocycles. The summed E-state index contributed by atoms with van der Waals surface area (Å²) in [5, 5.41) is 0.289. The highest BCUT2D eigenvalue weighted by atomic mass is 35.5. The second-order valence-electron chi connectivity index (χ2n) is 5.01. The molecule has 21 heavy (non-hydrogen) atoms. The van der Waals surface area contributed by atoms with Crippen LogP contribution in [0.5, 0.6) is 5.75 Å². The molecule has 0 atom stereocenters. The normalized spacial score (nSPS) is 11.3. The number of benzene rings is 1. The summed E-state index contributed by atoms with van der Waals surface area (Å²) >= 11 is 5.94. The quantitative estimate of drug-likeness (QED) is 0.777. The molecule has 110 valence electrons. The monoisotopic (exact) mass is 305 g/mol. The highest BCUT2D eigenvalue weighted by Crippen LogP contribution is 2.28. The fraction of sp³-hybridized carbons (Fsp3) is 0.235. The molecule has 0 saturated heterocycles. The van der Waals surface area contributed by atoms with E-state index in [-0.39, 0.29) is 5.02 Å². The maximum atomic E-state index is 12.9. The minimum atomic E-state index is -0.444. The van der Waals surface area contributed by atoms with Crippen molar-refractivity contribution >= 4 is 23.8 Å². The zero-order valence-corrected chi connectivity index (χ0v) is 13.0. The van der Waals surface area contributed by atoms with E-state index >= 15 is 0 Å². The third-order valence-electron chi connectivity index (χ3n) is 3.15. The van der Waals surface area contributed by atoms with Crippen LogP contribution in [-0.4, -0.2) is 12.1 Å². The standard InChI is InChI=1S/C17H17ClFNO/c1-11(2)14-6-4-12(8-17(14)21-3)5-7-16-15(18)9-13(19)10-20-16/h4-11H,1-3H3/b7-5+. The lowest BCUT2D eigenvalue weighted by atomic mass is 10.00. The van der Waals surface area contributed by atoms with Crippen LogP contribution in [0.15, 0.2) is 30.5 Å². The van der Waals surface area contributed by atoms with Gasteiger partial charge in [-0.2, -0.15) is 0 Å². The number of methoxy groups -OCH3 is 1. The first-order valence-corrected chi connectivity index (χ1v) is 7.06. The van der Waals surface area contributed by atoms with Crippen molar-refractivity contribution in [3.05, 3.63) is 58.1 Å². The van der Waals surface area contributed by atoms with Crippen molar-refractivity contribution < 1.29 is 9.13 Å². The Bertz CT molecular complexity index is 668. The average Bonchev–Trinajstić information content (AvgIpc) is 2.45. The van der Waals surface area contributed by atoms with Crippen LogP contribution in [0.4, 0.5) is 4.39 Å². The summed E-state index contributed by atoms with van der Waals surface area (Å²) in [6.07, 6.45) is 4.78. The van der Waals surface area contributed by atoms with E-state index in [0.717, 1.165) is 23.1 Å². The van der Waals surface area contributed by atoms with Gasteiger partial charge in [0.25, 0.3) is 0 Å². The lowest BCUT2D eigenvalue weighted by molar-refractivity contribution is 0.407. The number of rotatable bonds is 4. The van der Waals surface area contributed by atoms with Gasteiger partial charge in [-0.15, -0.1) is 0 Å². The van der Waals surface area contributed by atoms with Crippen LogP contribution in [-0.2, 0) is 0 Å². The van der Waals surface area contributed by atoms with Crippen LogP contribution in [0.3, 0.4) is 0 Å². The number of nitrogens with zero attached hydrogens (tertiary/aromatic N) is 1. The molecule has 2 nitrogen and oxygen atoms in total. The second kappa shape index (κ2) is 6.72. The van der Waals surface area contributed by atoms with Crippen LogP contribution >= 0.6 is 11.6 Å². The highest BCUT2D eigenvalue weighted by Gasteiger charge is 2.07. The van der Waals surface area contributed by atoms with Gasteiger partial charge in [-0.25, -0.2) is 4.39 Å². The summed E-state index contributed by atoms with van der Waals surface area (Å²) in [6.45, 7) is 4.24. The molecule has 0 N–H and O–H groups in total. The van der Waals surface area contributed by atoms with Crippen LogP contribution in [0, 0.1) is 5.82 Å². The van der Waals surface area contributed by atoms with E-state index in [0.29, 0.717) is 11.6 Å². The predicted octanol–water partition coefficient (Wildman–Crippen LogP) is 5.18. The fourth-order valence-electron chi connectivity index (χ4n) is 2.03. The third-order valence-corrected chi connectivity index (χ3v) is 3.45. The second-order valence-corrected chi connectivity index (χ2v) is 5.42. The number of hydrogen-bond acceptors (Lipinski definition) is 2. The molecule has 0 saturated carbocycles. The molecule has 1 heterocycles. The number of ether oxygens (including phenoxy) is 1. The Hall–Kier alpha value is -1.87. The Morgan fingerprint density at radius 1 is 1.24 bits per heavy atom. The smallest absolute Gasteiger partial charge is 0.143 e. The van der Waals surface area contributed by atoms with E-state index < -0.39 is 5.82 Å². The lowest BCUT2D eigenvalue weighted by Crippen LogP contribution is -1.94. The third kappa shape index (κ3) is 3.82. The first-order valence-electron chi connectivity index (χ1n) is 6.68. The van der Waals surface area contributed by atoms with Gasteiger partial charge in [0, 0.05) is 0 Å². The number of pyridine rings is 1. The van der Waals surface area contributed by atoms with Gasteiger partial charge in [0.15, 0.2) is 0 Å². The van der Waals surface area contributed by atoms with Gasteiger partial charge in [-0.05, 0) is 35.3 Å². The Labute approximate surface area is 129 Å². The molecule has 0 unspecified atom stereocenters. The Morgan fingerprint density at radius 2 is 2.00 bits per heavy atom. The van der Waals surface area contributed by atoms with Crippen molar-refractivity contribution in [1.29, 1.82) is 0 Å². The maximum Gasteiger partial charge on any atom is 0.143 e. The molecular weight excluding hydrogens is 289 g/mol. The zero-order valence-electron chi connectivity index (χ0n) is 12.2. The maximum absolute atomic E-state index is 12.9. The summed E-state index contributed by atoms with van der Waals surface area (Å²) in [4.78, 5) is 3.96. The summed E-state index contributed by atoms with van der Waals surface area (Å²) < 4.78 is 18.4. The minimum Gasteiger partial charge on any atom is -0.496 e. The van der Waals surface area contributed by atoms with E-state index in [1.807, 2.05) is 24.3 Å². The molecule has 0 bridgehead atoms. The lowest BCUT2D eigenvalue weighted by Gasteiger charge is -2.12. The Kier molecular flexibility index (Phi) is 4.97. The van der Waals surface area contributed by atoms with Crippen molar-refractivity contribution in [1.82, 2.24) is 4.98 Å². The van der Waals surface area contributed by atoms with Crippen LogP contribution in [0.1, 0.15) is 36.6 Å². The predicted molar refractivity (Wildman–Crippen MR) is 85.2 cm³/mol. The average molecular weight is 306 g/mol. The Balaban J connectivity index is 2.29. The van der Waals surface area contributed by atoms with Gasteiger partial charge >= 0.3 is 0 Å². The zero-order chi connectivity index (χ0) is 15.4. The molecule has 0 fully saturated rings. The van der Waals surface area contributed by atoms with Crippen LogP contribution in [0.2, 0.25) is 5.02 Å². The molecule has 0 spiro atoms. The van der Waals surface area contributed by atoms with Gasteiger partial charge in [-0.1, -0.05) is 43.7 Å². The molecule has 4 heteroatoms. The first kappa shape index (κ1) is 15.5. The van der Waals surface area contributed by atoms with Crippen LogP contribution in [0.25, 0.3) is 12.2 Å². The van der Waals surface area contributed by atoms with Gasteiger partial charge < -0.3 is 4.74 Å². The molecule has 0 aliphatic rings. The SMILES string of the molecule is COc1cc(/C=C/c2ncc(F)cc2Cl)ccc1C(C)C. The van der Waals surface area contributed by atoms with Gasteiger partial charge in [0.05, 0.1) is 24.0 Å². The molecule has 2 aromatic rings. The largest absolute Gasteiger partial charge is 0.496 e. The minimum absolute atomic E-state index is 0.289. The van der Waals surface area contributed by atoms with Crippen molar-refractivity contribution in [3.8, 4) is 5.75 Å². The topological polar surface area (TPSA) is 22.1 Å². The highest BCUT2D eigenvalue weighted by molar-refractivity contribution is 6.31. The van der Waals surface area contributed by atoms with Gasteiger partial charge in [-0.3, -0.25) is 4.98 Å². The summed E-state index contributed by atoms with van der Waals surface area (Å²) in [6, 6.07) is 7.26. The van der Waals surface area contributed by atoms with E-state index in [2.05, 4.69) is 18.8 Å². The summed E-state index contributed by atoms with van der Waals surface area (Å²) in [7, 11) is 1.66. The number of hydrogen-bond donors (Lipinski definition) is 0. The van der Waals surface area contributed by atoms with E-state index in [1.54, 1.807) is 13.2 Å². The molecule has 0 amide bonds. The molecule has 1 aromatic carbocycles. The molecule has 2 rings (SSSR count). The summed E-state index contributed by atoms with van der Waals surface area (Å²) in [5.74, 6) is 0.802. The first-order chi connectivity index (χ1) is 10.0. The molecular formula is C17H17ClFNO.